The number of nitrogens with one attached hydrogen (secondary N) is 2. The van der Waals surface area contributed by atoms with Crippen molar-refractivity contribution in [3.05, 3.63) is 71.0 Å². The molecule has 1 heterocycles. The van der Waals surface area contributed by atoms with Crippen LogP contribution in [0, 0.1) is 0 Å². The van der Waals surface area contributed by atoms with Gasteiger partial charge in [0.15, 0.2) is 0 Å². The first-order valence-corrected chi connectivity index (χ1v) is 11.8. The SMILES string of the molecule is COc1ccc(S(=O)(=O)NCCNC(=O)c2cnn(-c3ccc(Cl)cc3)c2C(C)C)cc1. The van der Waals surface area contributed by atoms with Crippen molar-refractivity contribution in [2.24, 2.45) is 0 Å². The van der Waals surface area contributed by atoms with E-state index in [4.69, 9.17) is 16.3 Å². The lowest BCUT2D eigenvalue weighted by molar-refractivity contribution is 0.0953. The van der Waals surface area contributed by atoms with Crippen molar-refractivity contribution in [1.82, 2.24) is 19.8 Å². The van der Waals surface area contributed by atoms with Crippen molar-refractivity contribution in [2.45, 2.75) is 24.7 Å². The molecule has 2 aromatic carbocycles. The summed E-state index contributed by atoms with van der Waals surface area (Å²) in [4.78, 5) is 12.9. The molecule has 0 fully saturated rings. The number of methoxy groups -OCH3 is 1. The molecule has 8 nitrogen and oxygen atoms in total. The van der Waals surface area contributed by atoms with E-state index in [1.54, 1.807) is 28.9 Å². The lowest BCUT2D eigenvalue weighted by atomic mass is 10.1. The van der Waals surface area contributed by atoms with Crippen LogP contribution in [0.3, 0.4) is 0 Å². The smallest absolute Gasteiger partial charge is 0.254 e. The van der Waals surface area contributed by atoms with Crippen LogP contribution in [0.2, 0.25) is 5.02 Å². The largest absolute Gasteiger partial charge is 0.497 e. The predicted octanol–water partition coefficient (Wildman–Crippen LogP) is 3.37. The molecule has 0 aliphatic heterocycles. The number of halogens is 1. The van der Waals surface area contributed by atoms with Gasteiger partial charge in [-0.15, -0.1) is 0 Å². The predicted molar refractivity (Wildman–Crippen MR) is 123 cm³/mol. The topological polar surface area (TPSA) is 102 Å². The van der Waals surface area contributed by atoms with Crippen LogP contribution in [0.5, 0.6) is 5.75 Å². The molecule has 32 heavy (non-hydrogen) atoms. The van der Waals surface area contributed by atoms with Gasteiger partial charge >= 0.3 is 0 Å². The molecule has 1 amide bonds. The fourth-order valence-corrected chi connectivity index (χ4v) is 4.33. The van der Waals surface area contributed by atoms with E-state index in [2.05, 4.69) is 15.1 Å². The summed E-state index contributed by atoms with van der Waals surface area (Å²) < 4.78 is 34.0. The molecule has 10 heteroatoms. The van der Waals surface area contributed by atoms with E-state index >= 15 is 0 Å². The van der Waals surface area contributed by atoms with Crippen molar-refractivity contribution in [3.8, 4) is 11.4 Å². The van der Waals surface area contributed by atoms with E-state index in [1.807, 2.05) is 26.0 Å². The standard InChI is InChI=1S/C22H25ClN4O4S/c1-15(2)21-20(14-25-27(21)17-6-4-16(23)5-7-17)22(28)24-12-13-26-32(29,30)19-10-8-18(31-3)9-11-19/h4-11,14-15,26H,12-13H2,1-3H3,(H,24,28). The van der Waals surface area contributed by atoms with Crippen LogP contribution in [0.1, 0.15) is 35.8 Å². The average Bonchev–Trinajstić information content (AvgIpc) is 3.23. The molecule has 170 valence electrons. The van der Waals surface area contributed by atoms with Crippen LogP contribution in [0.15, 0.2) is 59.6 Å². The summed E-state index contributed by atoms with van der Waals surface area (Å²) in [6.07, 6.45) is 1.51. The number of carbonyl (C=O) groups is 1. The monoisotopic (exact) mass is 476 g/mol. The fourth-order valence-electron chi connectivity index (χ4n) is 3.17. The summed E-state index contributed by atoms with van der Waals surface area (Å²) in [6, 6.07) is 13.2. The highest BCUT2D eigenvalue weighted by Crippen LogP contribution is 2.24. The lowest BCUT2D eigenvalue weighted by Gasteiger charge is -2.13. The summed E-state index contributed by atoms with van der Waals surface area (Å²) in [6.45, 7) is 4.12. The molecular weight excluding hydrogens is 452 g/mol. The van der Waals surface area contributed by atoms with Gasteiger partial charge in [0.25, 0.3) is 5.91 Å². The first-order valence-electron chi connectivity index (χ1n) is 9.98. The molecule has 0 unspecified atom stereocenters. The van der Waals surface area contributed by atoms with Gasteiger partial charge in [-0.2, -0.15) is 5.10 Å². The maximum absolute atomic E-state index is 12.8. The number of aromatic nitrogens is 2. The van der Waals surface area contributed by atoms with Crippen LogP contribution >= 0.6 is 11.6 Å². The first-order chi connectivity index (χ1) is 15.2. The van der Waals surface area contributed by atoms with Crippen molar-refractivity contribution >= 4 is 27.5 Å². The average molecular weight is 477 g/mol. The number of amides is 1. The third kappa shape index (κ3) is 5.48. The van der Waals surface area contributed by atoms with Crippen LogP contribution < -0.4 is 14.8 Å². The molecule has 1 aromatic heterocycles. The first kappa shape index (κ1) is 23.8. The molecule has 2 N–H and O–H groups in total. The maximum atomic E-state index is 12.8. The number of rotatable bonds is 9. The van der Waals surface area contributed by atoms with Gasteiger partial charge in [0.05, 0.1) is 35.1 Å². The Kier molecular flexibility index (Phi) is 7.55. The zero-order valence-corrected chi connectivity index (χ0v) is 19.6. The van der Waals surface area contributed by atoms with Crippen LogP contribution in [0.25, 0.3) is 5.69 Å². The van der Waals surface area contributed by atoms with Crippen molar-refractivity contribution in [1.29, 1.82) is 0 Å². The Hall–Kier alpha value is -2.88. The van der Waals surface area contributed by atoms with Crippen molar-refractivity contribution < 1.29 is 17.9 Å². The molecule has 0 spiro atoms. The fraction of sp³-hybridized carbons (Fsp3) is 0.273. The Bertz CT molecular complexity index is 1170. The van der Waals surface area contributed by atoms with E-state index in [0.717, 1.165) is 11.4 Å². The molecule has 0 saturated heterocycles. The number of nitrogens with zero attached hydrogens (tertiary/aromatic N) is 2. The van der Waals surface area contributed by atoms with Gasteiger partial charge < -0.3 is 10.1 Å². The Morgan fingerprint density at radius 2 is 1.75 bits per heavy atom. The Labute approximate surface area is 192 Å². The normalized spacial score (nSPS) is 11.5. The second-order valence-corrected chi connectivity index (χ2v) is 9.52. The highest BCUT2D eigenvalue weighted by molar-refractivity contribution is 7.89. The van der Waals surface area contributed by atoms with Gasteiger partial charge in [0, 0.05) is 18.1 Å². The number of carbonyl (C=O) groups excluding carboxylic acids is 1. The summed E-state index contributed by atoms with van der Waals surface area (Å²) in [7, 11) is -2.18. The minimum Gasteiger partial charge on any atom is -0.497 e. The molecule has 0 radical (unpaired) electrons. The zero-order chi connectivity index (χ0) is 23.3. The maximum Gasteiger partial charge on any atom is 0.254 e. The number of sulfonamides is 1. The third-order valence-corrected chi connectivity index (χ3v) is 6.47. The lowest BCUT2D eigenvalue weighted by Crippen LogP contribution is -2.35. The highest BCUT2D eigenvalue weighted by Gasteiger charge is 2.21. The van der Waals surface area contributed by atoms with Gasteiger partial charge in [-0.3, -0.25) is 4.79 Å². The Morgan fingerprint density at radius 1 is 1.09 bits per heavy atom. The summed E-state index contributed by atoms with van der Waals surface area (Å²) in [5, 5.41) is 7.73. The molecule has 0 saturated carbocycles. The molecule has 3 aromatic rings. The Morgan fingerprint density at radius 3 is 2.34 bits per heavy atom. The third-order valence-electron chi connectivity index (χ3n) is 4.74. The number of hydrogen-bond acceptors (Lipinski definition) is 5. The summed E-state index contributed by atoms with van der Waals surface area (Å²) in [5.74, 6) is 0.274. The van der Waals surface area contributed by atoms with Gasteiger partial charge in [-0.25, -0.2) is 17.8 Å². The second-order valence-electron chi connectivity index (χ2n) is 7.32. The molecule has 0 aliphatic carbocycles. The molecule has 0 aliphatic rings. The second kappa shape index (κ2) is 10.2. The van der Waals surface area contributed by atoms with Gasteiger partial charge in [-0.1, -0.05) is 25.4 Å². The summed E-state index contributed by atoms with van der Waals surface area (Å²) >= 11 is 5.96. The molecular formula is C22H25ClN4O4S. The zero-order valence-electron chi connectivity index (χ0n) is 18.0. The van der Waals surface area contributed by atoms with E-state index in [9.17, 15) is 13.2 Å². The quantitative estimate of drug-likeness (QED) is 0.461. The minimum absolute atomic E-state index is 0.0301. The van der Waals surface area contributed by atoms with Gasteiger partial charge in [-0.05, 0) is 54.4 Å². The van der Waals surface area contributed by atoms with Crippen molar-refractivity contribution in [2.75, 3.05) is 20.2 Å². The van der Waals surface area contributed by atoms with Gasteiger partial charge in [0.2, 0.25) is 10.0 Å². The molecule has 0 atom stereocenters. The number of benzene rings is 2. The number of hydrogen-bond donors (Lipinski definition) is 2. The Balaban J connectivity index is 1.64. The van der Waals surface area contributed by atoms with Crippen LogP contribution in [-0.4, -0.2) is 44.3 Å². The van der Waals surface area contributed by atoms with Gasteiger partial charge in [0.1, 0.15) is 5.75 Å². The highest BCUT2D eigenvalue weighted by atomic mass is 35.5. The van der Waals surface area contributed by atoms with E-state index in [1.165, 1.54) is 25.4 Å². The summed E-state index contributed by atoms with van der Waals surface area (Å²) in [5.41, 5.74) is 1.99. The van der Waals surface area contributed by atoms with E-state index in [0.29, 0.717) is 16.3 Å². The minimum atomic E-state index is -3.69. The number of ether oxygens (including phenoxy) is 1. The molecule has 3 rings (SSSR count). The van der Waals surface area contributed by atoms with E-state index < -0.39 is 10.0 Å². The van der Waals surface area contributed by atoms with E-state index in [-0.39, 0.29) is 29.8 Å². The van der Waals surface area contributed by atoms with Crippen LogP contribution in [-0.2, 0) is 10.0 Å². The van der Waals surface area contributed by atoms with Crippen molar-refractivity contribution in [3.63, 3.8) is 0 Å². The van der Waals surface area contributed by atoms with Crippen LogP contribution in [0.4, 0.5) is 0 Å². The molecule has 0 bridgehead atoms.